The van der Waals surface area contributed by atoms with Gasteiger partial charge in [0.15, 0.2) is 0 Å². The van der Waals surface area contributed by atoms with E-state index in [-0.39, 0.29) is 19.1 Å². The predicted octanol–water partition coefficient (Wildman–Crippen LogP) is 1.19. The second kappa shape index (κ2) is 9.37. The molecule has 1 unspecified atom stereocenters. The van der Waals surface area contributed by atoms with Gasteiger partial charge in [0.1, 0.15) is 18.5 Å². The minimum Gasteiger partial charge on any atom is -0.491 e. The largest absolute Gasteiger partial charge is 0.491 e. The number of aliphatic hydroxyl groups excluding tert-OH is 1. The number of ether oxygens (including phenoxy) is 1. The summed E-state index contributed by atoms with van der Waals surface area (Å²) in [7, 11) is 0. The number of aliphatic hydroxyl groups is 1. The molecule has 0 aliphatic rings. The van der Waals surface area contributed by atoms with Gasteiger partial charge in [-0.15, -0.1) is 0 Å². The highest BCUT2D eigenvalue weighted by Crippen LogP contribution is 2.16. The van der Waals surface area contributed by atoms with Gasteiger partial charge in [-0.2, -0.15) is 0 Å². The lowest BCUT2D eigenvalue weighted by molar-refractivity contribution is -0.129. The zero-order valence-electron chi connectivity index (χ0n) is 13.1. The van der Waals surface area contributed by atoms with Gasteiger partial charge in [0.2, 0.25) is 5.91 Å². The molecule has 0 aliphatic carbocycles. The number of nitrogens with one attached hydrogen (secondary N) is 1. The number of nitrogens with zero attached hydrogens (tertiary/aromatic N) is 1. The van der Waals surface area contributed by atoms with Crippen LogP contribution < -0.4 is 10.1 Å². The first kappa shape index (κ1) is 17.5. The quantitative estimate of drug-likeness (QED) is 0.718. The Morgan fingerprint density at radius 1 is 1.33 bits per heavy atom. The van der Waals surface area contributed by atoms with Gasteiger partial charge < -0.3 is 20.1 Å². The van der Waals surface area contributed by atoms with E-state index in [9.17, 15) is 9.90 Å². The zero-order valence-corrected chi connectivity index (χ0v) is 13.1. The molecule has 0 bridgehead atoms. The summed E-state index contributed by atoms with van der Waals surface area (Å²) in [6.07, 6.45) is -0.644. The molecule has 0 saturated carbocycles. The third-order valence-corrected chi connectivity index (χ3v) is 3.30. The Bertz CT molecular complexity index is 433. The Labute approximate surface area is 126 Å². The first-order chi connectivity index (χ1) is 10.1. The third kappa shape index (κ3) is 6.14. The van der Waals surface area contributed by atoms with E-state index in [0.29, 0.717) is 19.6 Å². The molecular formula is C16H26N2O3. The molecule has 2 N–H and O–H groups in total. The first-order valence-electron chi connectivity index (χ1n) is 7.43. The maximum Gasteiger partial charge on any atom is 0.236 e. The van der Waals surface area contributed by atoms with E-state index in [2.05, 4.69) is 5.32 Å². The highest BCUT2D eigenvalue weighted by molar-refractivity contribution is 5.78. The summed E-state index contributed by atoms with van der Waals surface area (Å²) < 4.78 is 5.56. The van der Waals surface area contributed by atoms with Crippen LogP contribution >= 0.6 is 0 Å². The molecule has 5 heteroatoms. The van der Waals surface area contributed by atoms with Crippen LogP contribution in [-0.4, -0.2) is 54.8 Å². The molecular weight excluding hydrogens is 268 g/mol. The van der Waals surface area contributed by atoms with Gasteiger partial charge in [-0.3, -0.25) is 4.79 Å². The summed E-state index contributed by atoms with van der Waals surface area (Å²) in [5.74, 6) is 0.822. The summed E-state index contributed by atoms with van der Waals surface area (Å²) >= 11 is 0. The van der Waals surface area contributed by atoms with E-state index in [1.165, 1.54) is 0 Å². The topological polar surface area (TPSA) is 61.8 Å². The standard InChI is InChI=1S/C16H26N2O3/c1-4-18(5-2)16(20)11-17-10-14(19)12-21-15-9-7-6-8-13(15)3/h6-9,14,17,19H,4-5,10-12H2,1-3H3. The number of aryl methyl sites for hydroxylation is 1. The second-order valence-corrected chi connectivity index (χ2v) is 4.93. The van der Waals surface area contributed by atoms with Crippen LogP contribution in [0.1, 0.15) is 19.4 Å². The molecule has 0 spiro atoms. The van der Waals surface area contributed by atoms with Gasteiger partial charge in [-0.25, -0.2) is 0 Å². The number of rotatable bonds is 9. The van der Waals surface area contributed by atoms with Crippen molar-refractivity contribution in [2.75, 3.05) is 32.8 Å². The van der Waals surface area contributed by atoms with Crippen LogP contribution in [-0.2, 0) is 4.79 Å². The number of hydrogen-bond donors (Lipinski definition) is 2. The highest BCUT2D eigenvalue weighted by Gasteiger charge is 2.11. The van der Waals surface area contributed by atoms with E-state index < -0.39 is 6.10 Å². The SMILES string of the molecule is CCN(CC)C(=O)CNCC(O)COc1ccccc1C. The molecule has 21 heavy (non-hydrogen) atoms. The molecule has 0 aliphatic heterocycles. The van der Waals surface area contributed by atoms with Crippen LogP contribution in [0.2, 0.25) is 0 Å². The van der Waals surface area contributed by atoms with Gasteiger partial charge in [0.05, 0.1) is 6.54 Å². The molecule has 0 heterocycles. The lowest BCUT2D eigenvalue weighted by atomic mass is 10.2. The first-order valence-corrected chi connectivity index (χ1v) is 7.43. The van der Waals surface area contributed by atoms with Crippen molar-refractivity contribution in [2.45, 2.75) is 26.9 Å². The summed E-state index contributed by atoms with van der Waals surface area (Å²) in [5, 5.41) is 12.8. The van der Waals surface area contributed by atoms with Crippen molar-refractivity contribution in [3.8, 4) is 5.75 Å². The zero-order chi connectivity index (χ0) is 15.7. The van der Waals surface area contributed by atoms with Crippen molar-refractivity contribution in [3.63, 3.8) is 0 Å². The van der Waals surface area contributed by atoms with E-state index in [1.807, 2.05) is 45.0 Å². The molecule has 1 aromatic carbocycles. The Morgan fingerprint density at radius 2 is 2.00 bits per heavy atom. The Kier molecular flexibility index (Phi) is 7.79. The monoisotopic (exact) mass is 294 g/mol. The van der Waals surface area contributed by atoms with Crippen LogP contribution in [0.25, 0.3) is 0 Å². The molecule has 1 atom stereocenters. The number of amides is 1. The summed E-state index contributed by atoms with van der Waals surface area (Å²) in [6, 6.07) is 7.68. The Morgan fingerprint density at radius 3 is 2.62 bits per heavy atom. The van der Waals surface area contributed by atoms with E-state index in [4.69, 9.17) is 4.74 Å². The van der Waals surface area contributed by atoms with Crippen molar-refractivity contribution in [1.29, 1.82) is 0 Å². The van der Waals surface area contributed by atoms with Crippen LogP contribution in [0.3, 0.4) is 0 Å². The average molecular weight is 294 g/mol. The van der Waals surface area contributed by atoms with Gasteiger partial charge in [0.25, 0.3) is 0 Å². The van der Waals surface area contributed by atoms with E-state index >= 15 is 0 Å². The number of para-hydroxylation sites is 1. The maximum absolute atomic E-state index is 11.8. The van der Waals surface area contributed by atoms with Crippen molar-refractivity contribution < 1.29 is 14.6 Å². The van der Waals surface area contributed by atoms with Crippen LogP contribution in [0.15, 0.2) is 24.3 Å². The molecule has 1 aromatic rings. The third-order valence-electron chi connectivity index (χ3n) is 3.30. The van der Waals surface area contributed by atoms with Crippen LogP contribution in [0, 0.1) is 6.92 Å². The minimum atomic E-state index is -0.644. The van der Waals surface area contributed by atoms with Crippen molar-refractivity contribution in [3.05, 3.63) is 29.8 Å². The van der Waals surface area contributed by atoms with Crippen LogP contribution in [0.5, 0.6) is 5.75 Å². The molecule has 0 radical (unpaired) electrons. The van der Waals surface area contributed by atoms with Crippen molar-refractivity contribution in [2.24, 2.45) is 0 Å². The van der Waals surface area contributed by atoms with Crippen molar-refractivity contribution in [1.82, 2.24) is 10.2 Å². The van der Waals surface area contributed by atoms with Gasteiger partial charge in [-0.1, -0.05) is 18.2 Å². The maximum atomic E-state index is 11.8. The molecule has 0 saturated heterocycles. The van der Waals surface area contributed by atoms with Crippen LogP contribution in [0.4, 0.5) is 0 Å². The number of likely N-dealkylation sites (N-methyl/N-ethyl adjacent to an activating group) is 1. The number of hydrogen-bond acceptors (Lipinski definition) is 4. The van der Waals surface area contributed by atoms with E-state index in [1.54, 1.807) is 4.90 Å². The molecule has 118 valence electrons. The fourth-order valence-electron chi connectivity index (χ4n) is 2.00. The Balaban J connectivity index is 2.24. The molecule has 0 aromatic heterocycles. The fourth-order valence-corrected chi connectivity index (χ4v) is 2.00. The molecule has 1 rings (SSSR count). The van der Waals surface area contributed by atoms with Gasteiger partial charge in [0, 0.05) is 19.6 Å². The highest BCUT2D eigenvalue weighted by atomic mass is 16.5. The lowest BCUT2D eigenvalue weighted by Gasteiger charge is -2.19. The fraction of sp³-hybridized carbons (Fsp3) is 0.562. The number of carbonyl (C=O) groups is 1. The van der Waals surface area contributed by atoms with Gasteiger partial charge in [-0.05, 0) is 32.4 Å². The summed E-state index contributed by atoms with van der Waals surface area (Å²) in [5.41, 5.74) is 1.04. The molecule has 0 fully saturated rings. The predicted molar refractivity (Wildman–Crippen MR) is 83.5 cm³/mol. The molecule has 5 nitrogen and oxygen atoms in total. The van der Waals surface area contributed by atoms with Gasteiger partial charge >= 0.3 is 0 Å². The average Bonchev–Trinajstić information content (AvgIpc) is 2.47. The normalized spacial score (nSPS) is 12.0. The smallest absolute Gasteiger partial charge is 0.236 e. The Hall–Kier alpha value is -1.59. The van der Waals surface area contributed by atoms with Crippen molar-refractivity contribution >= 4 is 5.91 Å². The molecule has 1 amide bonds. The number of benzene rings is 1. The van der Waals surface area contributed by atoms with E-state index in [0.717, 1.165) is 11.3 Å². The minimum absolute atomic E-state index is 0.0482. The lowest BCUT2D eigenvalue weighted by Crippen LogP contribution is -2.41. The second-order valence-electron chi connectivity index (χ2n) is 4.93. The number of carbonyl (C=O) groups excluding carboxylic acids is 1. The summed E-state index contributed by atoms with van der Waals surface area (Å²) in [6.45, 7) is 8.05. The summed E-state index contributed by atoms with van der Waals surface area (Å²) in [4.78, 5) is 13.5.